The number of likely N-dealkylation sites (tertiary alicyclic amines) is 1. The molecule has 3 heterocycles. The van der Waals surface area contributed by atoms with Gasteiger partial charge in [0.1, 0.15) is 5.03 Å². The molecule has 2 aromatic rings. The van der Waals surface area contributed by atoms with E-state index in [0.717, 1.165) is 22.2 Å². The third kappa shape index (κ3) is 4.37. The highest BCUT2D eigenvalue weighted by atomic mass is 32.2. The summed E-state index contributed by atoms with van der Waals surface area (Å²) in [5.74, 6) is 0.802. The minimum atomic E-state index is 0.0204. The van der Waals surface area contributed by atoms with E-state index in [1.165, 1.54) is 30.7 Å². The van der Waals surface area contributed by atoms with Crippen LogP contribution >= 0.6 is 23.1 Å². The van der Waals surface area contributed by atoms with Gasteiger partial charge < -0.3 is 5.32 Å². The molecule has 1 atom stereocenters. The van der Waals surface area contributed by atoms with E-state index < -0.39 is 0 Å². The van der Waals surface area contributed by atoms with Crippen molar-refractivity contribution < 1.29 is 4.79 Å². The zero-order valence-corrected chi connectivity index (χ0v) is 15.5. The predicted molar refractivity (Wildman–Crippen MR) is 97.6 cm³/mol. The van der Waals surface area contributed by atoms with Gasteiger partial charge in [0.05, 0.1) is 11.1 Å². The molecule has 0 bridgehead atoms. The van der Waals surface area contributed by atoms with Gasteiger partial charge in [0.2, 0.25) is 0 Å². The second kappa shape index (κ2) is 8.64. The van der Waals surface area contributed by atoms with Crippen LogP contribution in [-0.2, 0) is 0 Å². The number of hydrogen-bond acceptors (Lipinski definition) is 6. The molecule has 8 heteroatoms. The third-order valence-corrected chi connectivity index (χ3v) is 6.17. The van der Waals surface area contributed by atoms with Gasteiger partial charge in [-0.05, 0) is 44.5 Å². The number of hydrogen-bond donors (Lipinski definition) is 2. The van der Waals surface area contributed by atoms with Crippen LogP contribution in [0.25, 0.3) is 0 Å². The summed E-state index contributed by atoms with van der Waals surface area (Å²) in [5.41, 5.74) is 0. The number of nitrogens with one attached hydrogen (secondary N) is 2. The van der Waals surface area contributed by atoms with Gasteiger partial charge in [0, 0.05) is 23.2 Å². The fraction of sp³-hybridized carbons (Fsp3) is 0.562. The second-order valence-corrected chi connectivity index (χ2v) is 8.04. The fourth-order valence-corrected chi connectivity index (χ4v) is 4.76. The second-order valence-electron chi connectivity index (χ2n) is 5.81. The lowest BCUT2D eigenvalue weighted by molar-refractivity contribution is 0.0960. The molecule has 0 spiro atoms. The number of amides is 1. The Morgan fingerprint density at radius 3 is 3.25 bits per heavy atom. The van der Waals surface area contributed by atoms with E-state index in [1.807, 2.05) is 6.07 Å². The number of H-pyrrole nitrogens is 1. The highest BCUT2D eigenvalue weighted by molar-refractivity contribution is 7.99. The fourth-order valence-electron chi connectivity index (χ4n) is 3.03. The van der Waals surface area contributed by atoms with Crippen molar-refractivity contribution in [2.75, 3.05) is 25.4 Å². The maximum atomic E-state index is 12.3. The Labute approximate surface area is 150 Å². The number of carbonyl (C=O) groups excluding carboxylic acids is 1. The van der Waals surface area contributed by atoms with Crippen molar-refractivity contribution in [2.24, 2.45) is 0 Å². The molecule has 1 aliphatic heterocycles. The summed E-state index contributed by atoms with van der Waals surface area (Å²) in [4.78, 5) is 17.0. The number of aromatic nitrogens is 3. The third-order valence-electron chi connectivity index (χ3n) is 4.08. The van der Waals surface area contributed by atoms with Crippen LogP contribution in [0.2, 0.25) is 0 Å². The minimum Gasteiger partial charge on any atom is -0.350 e. The van der Waals surface area contributed by atoms with Crippen molar-refractivity contribution in [2.45, 2.75) is 37.3 Å². The Balaban J connectivity index is 1.48. The molecule has 24 heavy (non-hydrogen) atoms. The average Bonchev–Trinajstić information content (AvgIpc) is 3.31. The van der Waals surface area contributed by atoms with Crippen molar-refractivity contribution in [3.63, 3.8) is 0 Å². The van der Waals surface area contributed by atoms with E-state index in [9.17, 15) is 4.79 Å². The molecular formula is C16H23N5OS2. The van der Waals surface area contributed by atoms with Gasteiger partial charge in [-0.15, -0.1) is 28.2 Å². The van der Waals surface area contributed by atoms with Crippen molar-refractivity contribution in [1.29, 1.82) is 0 Å². The number of nitrogens with zero attached hydrogens (tertiary/aromatic N) is 3. The topological polar surface area (TPSA) is 73.9 Å². The standard InChI is InChI=1S/C16H23N5OS2/c1-2-8-21-9-3-4-12(21)13-5-6-14(24-13)16(22)17-7-10-23-15-11-18-20-19-15/h5-6,11-12H,2-4,7-10H2,1H3,(H,17,22)(H,18,19,20). The zero-order valence-electron chi connectivity index (χ0n) is 13.8. The van der Waals surface area contributed by atoms with Crippen LogP contribution in [0.5, 0.6) is 0 Å². The number of thioether (sulfide) groups is 1. The first kappa shape index (κ1) is 17.4. The lowest BCUT2D eigenvalue weighted by Gasteiger charge is -2.22. The van der Waals surface area contributed by atoms with Crippen LogP contribution in [0.1, 0.15) is 46.8 Å². The van der Waals surface area contributed by atoms with Gasteiger partial charge in [-0.2, -0.15) is 10.3 Å². The number of rotatable bonds is 8. The molecule has 0 aromatic carbocycles. The molecule has 2 N–H and O–H groups in total. The van der Waals surface area contributed by atoms with Crippen LogP contribution in [0.15, 0.2) is 23.4 Å². The summed E-state index contributed by atoms with van der Waals surface area (Å²) in [5, 5.41) is 14.1. The molecule has 0 radical (unpaired) electrons. The molecular weight excluding hydrogens is 342 g/mol. The first-order valence-electron chi connectivity index (χ1n) is 8.38. The van der Waals surface area contributed by atoms with Crippen molar-refractivity contribution >= 4 is 29.0 Å². The van der Waals surface area contributed by atoms with E-state index in [4.69, 9.17) is 0 Å². The van der Waals surface area contributed by atoms with Gasteiger partial charge in [-0.3, -0.25) is 9.69 Å². The highest BCUT2D eigenvalue weighted by Crippen LogP contribution is 2.35. The van der Waals surface area contributed by atoms with Crippen LogP contribution in [0, 0.1) is 0 Å². The first-order chi connectivity index (χ1) is 11.8. The maximum absolute atomic E-state index is 12.3. The van der Waals surface area contributed by atoms with Crippen molar-refractivity contribution in [3.8, 4) is 0 Å². The van der Waals surface area contributed by atoms with Crippen LogP contribution in [0.3, 0.4) is 0 Å². The lowest BCUT2D eigenvalue weighted by atomic mass is 10.2. The smallest absolute Gasteiger partial charge is 0.261 e. The van der Waals surface area contributed by atoms with Gasteiger partial charge in [0.15, 0.2) is 0 Å². The van der Waals surface area contributed by atoms with E-state index in [1.54, 1.807) is 29.3 Å². The molecule has 130 valence electrons. The SMILES string of the molecule is CCCN1CCCC1c1ccc(C(=O)NCCSc2cn[nH]n2)s1. The number of carbonyl (C=O) groups is 1. The molecule has 6 nitrogen and oxygen atoms in total. The average molecular weight is 366 g/mol. The van der Waals surface area contributed by atoms with Crippen LogP contribution in [0.4, 0.5) is 0 Å². The Morgan fingerprint density at radius 1 is 1.54 bits per heavy atom. The number of thiophene rings is 1. The van der Waals surface area contributed by atoms with Crippen molar-refractivity contribution in [3.05, 3.63) is 28.1 Å². The van der Waals surface area contributed by atoms with Gasteiger partial charge in [0.25, 0.3) is 5.91 Å². The molecule has 1 aliphatic rings. The monoisotopic (exact) mass is 365 g/mol. The molecule has 3 rings (SSSR count). The molecule has 1 unspecified atom stereocenters. The van der Waals surface area contributed by atoms with Crippen molar-refractivity contribution in [1.82, 2.24) is 25.6 Å². The Hall–Kier alpha value is -1.38. The Kier molecular flexibility index (Phi) is 6.28. The summed E-state index contributed by atoms with van der Waals surface area (Å²) in [6, 6.07) is 4.59. The highest BCUT2D eigenvalue weighted by Gasteiger charge is 2.26. The van der Waals surface area contributed by atoms with Gasteiger partial charge in [-0.25, -0.2) is 0 Å². The predicted octanol–water partition coefficient (Wildman–Crippen LogP) is 2.94. The maximum Gasteiger partial charge on any atom is 0.261 e. The van der Waals surface area contributed by atoms with E-state index in [-0.39, 0.29) is 5.91 Å². The quantitative estimate of drug-likeness (QED) is 0.556. The van der Waals surface area contributed by atoms with Crippen LogP contribution < -0.4 is 5.32 Å². The van der Waals surface area contributed by atoms with Crippen LogP contribution in [-0.4, -0.2) is 51.6 Å². The summed E-state index contributed by atoms with van der Waals surface area (Å²) < 4.78 is 0. The summed E-state index contributed by atoms with van der Waals surface area (Å²) in [6.07, 6.45) is 5.32. The summed E-state index contributed by atoms with van der Waals surface area (Å²) >= 11 is 3.21. The zero-order chi connectivity index (χ0) is 16.8. The largest absolute Gasteiger partial charge is 0.350 e. The van der Waals surface area contributed by atoms with Gasteiger partial charge >= 0.3 is 0 Å². The molecule has 1 saturated heterocycles. The summed E-state index contributed by atoms with van der Waals surface area (Å²) in [7, 11) is 0. The van der Waals surface area contributed by atoms with E-state index in [2.05, 4.69) is 38.6 Å². The molecule has 1 fully saturated rings. The molecule has 0 saturated carbocycles. The first-order valence-corrected chi connectivity index (χ1v) is 10.2. The van der Waals surface area contributed by atoms with Gasteiger partial charge in [-0.1, -0.05) is 6.92 Å². The lowest BCUT2D eigenvalue weighted by Crippen LogP contribution is -2.25. The Morgan fingerprint density at radius 2 is 2.46 bits per heavy atom. The normalized spacial score (nSPS) is 18.1. The molecule has 2 aromatic heterocycles. The summed E-state index contributed by atoms with van der Waals surface area (Å²) in [6.45, 7) is 5.16. The minimum absolute atomic E-state index is 0.0204. The molecule has 1 amide bonds. The number of aromatic amines is 1. The van der Waals surface area contributed by atoms with E-state index in [0.29, 0.717) is 12.6 Å². The van der Waals surface area contributed by atoms with E-state index >= 15 is 0 Å². The molecule has 0 aliphatic carbocycles. The Bertz CT molecular complexity index is 643.